The SMILES string of the molecule is CC(=O)Nc1ccc(-c2csc(NC(=O)c3ccc(=O)n(C)n3)n2)cc1. The molecule has 0 aliphatic heterocycles. The monoisotopic (exact) mass is 369 g/mol. The smallest absolute Gasteiger partial charge is 0.277 e. The maximum atomic E-state index is 12.2. The molecule has 9 heteroatoms. The Morgan fingerprint density at radius 3 is 2.46 bits per heavy atom. The minimum absolute atomic E-state index is 0.128. The van der Waals surface area contributed by atoms with Gasteiger partial charge in [0.05, 0.1) is 5.69 Å². The van der Waals surface area contributed by atoms with Gasteiger partial charge >= 0.3 is 0 Å². The standard InChI is InChI=1S/C17H15N5O3S/c1-10(23)18-12-5-3-11(4-6-12)14-9-26-17(19-14)20-16(25)13-7-8-15(24)22(2)21-13/h3-9H,1-2H3,(H,18,23)(H,19,20,25). The second kappa shape index (κ2) is 7.28. The number of benzene rings is 1. The summed E-state index contributed by atoms with van der Waals surface area (Å²) >= 11 is 1.28. The van der Waals surface area contributed by atoms with Gasteiger partial charge in [0.1, 0.15) is 5.69 Å². The van der Waals surface area contributed by atoms with E-state index in [4.69, 9.17) is 0 Å². The summed E-state index contributed by atoms with van der Waals surface area (Å²) in [5, 5.41) is 11.5. The third kappa shape index (κ3) is 4.01. The number of thiazole rings is 1. The lowest BCUT2D eigenvalue weighted by molar-refractivity contribution is -0.114. The molecular weight excluding hydrogens is 354 g/mol. The zero-order valence-electron chi connectivity index (χ0n) is 14.0. The number of aryl methyl sites for hydroxylation is 1. The number of nitrogens with one attached hydrogen (secondary N) is 2. The molecule has 26 heavy (non-hydrogen) atoms. The predicted octanol–water partition coefficient (Wildman–Crippen LogP) is 2.11. The van der Waals surface area contributed by atoms with Gasteiger partial charge in [-0.2, -0.15) is 5.10 Å². The Labute approximate surface area is 152 Å². The van der Waals surface area contributed by atoms with Crippen LogP contribution in [0.5, 0.6) is 0 Å². The van der Waals surface area contributed by atoms with Gasteiger partial charge in [0, 0.05) is 36.7 Å². The van der Waals surface area contributed by atoms with Crippen molar-refractivity contribution in [2.45, 2.75) is 6.92 Å². The van der Waals surface area contributed by atoms with E-state index in [1.165, 1.54) is 37.4 Å². The van der Waals surface area contributed by atoms with E-state index in [2.05, 4.69) is 20.7 Å². The van der Waals surface area contributed by atoms with Gasteiger partial charge in [0.25, 0.3) is 11.5 Å². The Kier molecular flexibility index (Phi) is 4.90. The number of rotatable bonds is 4. The predicted molar refractivity (Wildman–Crippen MR) is 99.3 cm³/mol. The second-order valence-electron chi connectivity index (χ2n) is 5.43. The fourth-order valence-electron chi connectivity index (χ4n) is 2.18. The highest BCUT2D eigenvalue weighted by molar-refractivity contribution is 7.14. The molecule has 3 rings (SSSR count). The molecule has 0 bridgehead atoms. The maximum absolute atomic E-state index is 12.2. The summed E-state index contributed by atoms with van der Waals surface area (Å²) in [4.78, 5) is 39.0. The molecule has 0 unspecified atom stereocenters. The molecule has 0 atom stereocenters. The average molecular weight is 369 g/mol. The van der Waals surface area contributed by atoms with Crippen molar-refractivity contribution in [1.29, 1.82) is 0 Å². The number of amides is 2. The highest BCUT2D eigenvalue weighted by Crippen LogP contribution is 2.26. The molecule has 132 valence electrons. The molecule has 2 amide bonds. The summed E-state index contributed by atoms with van der Waals surface area (Å²) in [6, 6.07) is 9.88. The first-order valence-electron chi connectivity index (χ1n) is 7.61. The van der Waals surface area contributed by atoms with Crippen LogP contribution in [-0.2, 0) is 11.8 Å². The van der Waals surface area contributed by atoms with Crippen molar-refractivity contribution in [3.63, 3.8) is 0 Å². The Bertz CT molecular complexity index is 1020. The molecule has 2 N–H and O–H groups in total. The third-order valence-electron chi connectivity index (χ3n) is 3.42. The van der Waals surface area contributed by atoms with Crippen LogP contribution in [0.2, 0.25) is 0 Å². The highest BCUT2D eigenvalue weighted by Gasteiger charge is 2.12. The topological polar surface area (TPSA) is 106 Å². The van der Waals surface area contributed by atoms with Crippen LogP contribution in [-0.4, -0.2) is 26.6 Å². The summed E-state index contributed by atoms with van der Waals surface area (Å²) in [6.45, 7) is 1.45. The average Bonchev–Trinajstić information content (AvgIpc) is 3.06. The van der Waals surface area contributed by atoms with Crippen molar-refractivity contribution in [3.05, 3.63) is 57.8 Å². The van der Waals surface area contributed by atoms with E-state index in [9.17, 15) is 14.4 Å². The molecular formula is C17H15N5O3S. The molecule has 0 aliphatic rings. The quantitative estimate of drug-likeness (QED) is 0.733. The van der Waals surface area contributed by atoms with Gasteiger partial charge < -0.3 is 5.32 Å². The van der Waals surface area contributed by atoms with Crippen LogP contribution in [0.15, 0.2) is 46.6 Å². The van der Waals surface area contributed by atoms with E-state index in [0.29, 0.717) is 16.5 Å². The maximum Gasteiger partial charge on any atom is 0.277 e. The van der Waals surface area contributed by atoms with Gasteiger partial charge in [-0.1, -0.05) is 12.1 Å². The zero-order chi connectivity index (χ0) is 18.7. The molecule has 8 nitrogen and oxygen atoms in total. The van der Waals surface area contributed by atoms with E-state index in [-0.39, 0.29) is 17.2 Å². The largest absolute Gasteiger partial charge is 0.326 e. The van der Waals surface area contributed by atoms with E-state index in [1.54, 1.807) is 12.1 Å². The lowest BCUT2D eigenvalue weighted by Gasteiger charge is -2.03. The van der Waals surface area contributed by atoms with Crippen molar-refractivity contribution in [1.82, 2.24) is 14.8 Å². The molecule has 0 spiro atoms. The van der Waals surface area contributed by atoms with Gasteiger partial charge in [-0.25, -0.2) is 9.67 Å². The second-order valence-corrected chi connectivity index (χ2v) is 6.29. The summed E-state index contributed by atoms with van der Waals surface area (Å²) in [6.07, 6.45) is 0. The molecule has 0 radical (unpaired) electrons. The van der Waals surface area contributed by atoms with Gasteiger partial charge in [0.2, 0.25) is 5.91 Å². The number of nitrogens with zero attached hydrogens (tertiary/aromatic N) is 3. The number of anilines is 2. The van der Waals surface area contributed by atoms with E-state index in [1.807, 2.05) is 17.5 Å². The van der Waals surface area contributed by atoms with Gasteiger partial charge in [-0.15, -0.1) is 11.3 Å². The van der Waals surface area contributed by atoms with Crippen LogP contribution in [0.4, 0.5) is 10.8 Å². The van der Waals surface area contributed by atoms with Crippen molar-refractivity contribution >= 4 is 34.0 Å². The number of hydrogen-bond acceptors (Lipinski definition) is 6. The molecule has 1 aromatic carbocycles. The number of carbonyl (C=O) groups excluding carboxylic acids is 2. The van der Waals surface area contributed by atoms with Crippen molar-refractivity contribution in [3.8, 4) is 11.3 Å². The molecule has 0 aliphatic carbocycles. The minimum Gasteiger partial charge on any atom is -0.326 e. The summed E-state index contributed by atoms with van der Waals surface area (Å²) in [7, 11) is 1.48. The Morgan fingerprint density at radius 1 is 1.08 bits per heavy atom. The number of aromatic nitrogens is 3. The molecule has 0 fully saturated rings. The van der Waals surface area contributed by atoms with Gasteiger partial charge in [-0.3, -0.25) is 19.7 Å². The lowest BCUT2D eigenvalue weighted by atomic mass is 10.1. The van der Waals surface area contributed by atoms with Crippen molar-refractivity contribution in [2.24, 2.45) is 7.05 Å². The highest BCUT2D eigenvalue weighted by atomic mass is 32.1. The zero-order valence-corrected chi connectivity index (χ0v) is 14.8. The van der Waals surface area contributed by atoms with Crippen LogP contribution >= 0.6 is 11.3 Å². The van der Waals surface area contributed by atoms with Gasteiger partial charge in [-0.05, 0) is 18.2 Å². The first kappa shape index (κ1) is 17.5. The fraction of sp³-hybridized carbons (Fsp3) is 0.118. The Hall–Kier alpha value is -3.33. The molecule has 0 saturated carbocycles. The number of carbonyl (C=O) groups is 2. The first-order valence-corrected chi connectivity index (χ1v) is 8.49. The lowest BCUT2D eigenvalue weighted by Crippen LogP contribution is -2.23. The van der Waals surface area contributed by atoms with Gasteiger partial charge in [0.15, 0.2) is 5.13 Å². The summed E-state index contributed by atoms with van der Waals surface area (Å²) in [5.74, 6) is -0.578. The van der Waals surface area contributed by atoms with E-state index in [0.717, 1.165) is 10.2 Å². The van der Waals surface area contributed by atoms with Crippen LogP contribution < -0.4 is 16.2 Å². The number of hydrogen-bond donors (Lipinski definition) is 2. The Balaban J connectivity index is 1.73. The van der Waals surface area contributed by atoms with Crippen LogP contribution in [0, 0.1) is 0 Å². The fourth-order valence-corrected chi connectivity index (χ4v) is 2.89. The molecule has 2 aromatic heterocycles. The Morgan fingerprint density at radius 2 is 1.81 bits per heavy atom. The first-order chi connectivity index (χ1) is 12.4. The van der Waals surface area contributed by atoms with Crippen LogP contribution in [0.25, 0.3) is 11.3 Å². The molecule has 3 aromatic rings. The summed E-state index contributed by atoms with van der Waals surface area (Å²) in [5.41, 5.74) is 2.10. The summed E-state index contributed by atoms with van der Waals surface area (Å²) < 4.78 is 1.10. The van der Waals surface area contributed by atoms with Crippen LogP contribution in [0.3, 0.4) is 0 Å². The molecule has 0 saturated heterocycles. The van der Waals surface area contributed by atoms with Crippen LogP contribution in [0.1, 0.15) is 17.4 Å². The van der Waals surface area contributed by atoms with Crippen molar-refractivity contribution < 1.29 is 9.59 Å². The van der Waals surface area contributed by atoms with Crippen molar-refractivity contribution in [2.75, 3.05) is 10.6 Å². The van der Waals surface area contributed by atoms with E-state index >= 15 is 0 Å². The third-order valence-corrected chi connectivity index (χ3v) is 4.18. The minimum atomic E-state index is -0.442. The van der Waals surface area contributed by atoms with E-state index < -0.39 is 5.91 Å². The normalized spacial score (nSPS) is 10.4. The molecule has 2 heterocycles.